The van der Waals surface area contributed by atoms with Crippen molar-refractivity contribution in [1.29, 1.82) is 0 Å². The molecule has 0 saturated heterocycles. The lowest BCUT2D eigenvalue weighted by atomic mass is 10.2. The van der Waals surface area contributed by atoms with E-state index in [4.69, 9.17) is 5.73 Å². The van der Waals surface area contributed by atoms with Gasteiger partial charge in [0.25, 0.3) is 0 Å². The minimum atomic E-state index is 0.413. The van der Waals surface area contributed by atoms with Gasteiger partial charge in [0.05, 0.1) is 11.3 Å². The largest absolute Gasteiger partial charge is 0.368 e. The molecule has 80 valence electrons. The maximum atomic E-state index is 5.64. The van der Waals surface area contributed by atoms with Crippen LogP contribution in [0.5, 0.6) is 0 Å². The van der Waals surface area contributed by atoms with Crippen LogP contribution in [0.3, 0.4) is 0 Å². The second-order valence-corrected chi connectivity index (χ2v) is 3.43. The van der Waals surface area contributed by atoms with E-state index in [0.717, 1.165) is 17.7 Å². The average Bonchev–Trinajstić information content (AvgIpc) is 2.71. The van der Waals surface area contributed by atoms with E-state index in [-0.39, 0.29) is 0 Å². The van der Waals surface area contributed by atoms with Crippen LogP contribution in [0.2, 0.25) is 0 Å². The molecule has 0 radical (unpaired) electrons. The molecule has 0 amide bonds. The number of nitrogens with zero attached hydrogens (tertiary/aromatic N) is 5. The Morgan fingerprint density at radius 3 is 2.60 bits per heavy atom. The Labute approximate surface area is 87.7 Å². The first-order valence-corrected chi connectivity index (χ1v) is 4.81. The van der Waals surface area contributed by atoms with Gasteiger partial charge in [0.2, 0.25) is 5.95 Å². The van der Waals surface area contributed by atoms with Gasteiger partial charge in [0.15, 0.2) is 5.82 Å². The van der Waals surface area contributed by atoms with Crippen molar-refractivity contribution in [3.05, 3.63) is 11.9 Å². The third-order valence-electron chi connectivity index (χ3n) is 2.28. The van der Waals surface area contributed by atoms with Gasteiger partial charge in [-0.2, -0.15) is 10.1 Å². The van der Waals surface area contributed by atoms with Gasteiger partial charge in [-0.25, -0.2) is 4.68 Å². The Balaban J connectivity index is 2.52. The van der Waals surface area contributed by atoms with E-state index in [1.165, 1.54) is 0 Å². The molecule has 6 nitrogen and oxygen atoms in total. The molecule has 0 aliphatic heterocycles. The molecular weight excluding hydrogens is 192 g/mol. The predicted octanol–water partition coefficient (Wildman–Crippen LogP) is 0.360. The normalized spacial score (nSPS) is 10.9. The van der Waals surface area contributed by atoms with E-state index < -0.39 is 0 Å². The van der Waals surface area contributed by atoms with E-state index in [2.05, 4.69) is 22.1 Å². The summed E-state index contributed by atoms with van der Waals surface area (Å²) in [6.45, 7) is 2.05. The van der Waals surface area contributed by atoms with E-state index in [1.54, 1.807) is 16.4 Å². The van der Waals surface area contributed by atoms with Crippen LogP contribution in [0.1, 0.15) is 12.6 Å². The second kappa shape index (κ2) is 3.38. The van der Waals surface area contributed by atoms with E-state index in [0.29, 0.717) is 11.8 Å². The highest BCUT2D eigenvalue weighted by Crippen LogP contribution is 2.20. The molecule has 2 aromatic rings. The number of anilines is 1. The van der Waals surface area contributed by atoms with Crippen LogP contribution in [0.25, 0.3) is 11.4 Å². The molecule has 0 saturated carbocycles. The highest BCUT2D eigenvalue weighted by atomic mass is 15.4. The maximum absolute atomic E-state index is 5.64. The molecule has 0 bridgehead atoms. The van der Waals surface area contributed by atoms with Gasteiger partial charge < -0.3 is 5.73 Å². The number of hydrogen-bond donors (Lipinski definition) is 1. The molecule has 2 rings (SSSR count). The average molecular weight is 206 g/mol. The van der Waals surface area contributed by atoms with Crippen LogP contribution < -0.4 is 5.73 Å². The topological polar surface area (TPSA) is 74.6 Å². The summed E-state index contributed by atoms with van der Waals surface area (Å²) in [6, 6.07) is 0. The lowest BCUT2D eigenvalue weighted by Crippen LogP contribution is -1.97. The Morgan fingerprint density at radius 2 is 2.07 bits per heavy atom. The number of hydrogen-bond acceptors (Lipinski definition) is 4. The van der Waals surface area contributed by atoms with Gasteiger partial charge in [-0.1, -0.05) is 6.92 Å². The van der Waals surface area contributed by atoms with Gasteiger partial charge in [-0.3, -0.25) is 4.68 Å². The van der Waals surface area contributed by atoms with Crippen LogP contribution >= 0.6 is 0 Å². The summed E-state index contributed by atoms with van der Waals surface area (Å²) in [6.07, 6.45) is 2.77. The fraction of sp³-hybridized carbons (Fsp3) is 0.444. The zero-order valence-electron chi connectivity index (χ0n) is 9.10. The first-order valence-electron chi connectivity index (χ1n) is 4.81. The minimum absolute atomic E-state index is 0.413. The van der Waals surface area contributed by atoms with Gasteiger partial charge >= 0.3 is 0 Å². The van der Waals surface area contributed by atoms with Crippen molar-refractivity contribution in [2.24, 2.45) is 14.1 Å². The zero-order valence-corrected chi connectivity index (χ0v) is 9.10. The van der Waals surface area contributed by atoms with Gasteiger partial charge in [0.1, 0.15) is 0 Å². The summed E-state index contributed by atoms with van der Waals surface area (Å²) in [4.78, 5) is 4.18. The Kier molecular flexibility index (Phi) is 2.18. The van der Waals surface area contributed by atoms with Gasteiger partial charge in [-0.15, -0.1) is 5.10 Å². The van der Waals surface area contributed by atoms with E-state index >= 15 is 0 Å². The fourth-order valence-electron chi connectivity index (χ4n) is 1.49. The molecule has 0 atom stereocenters. The molecule has 0 aromatic carbocycles. The Bertz CT molecular complexity index is 461. The summed E-state index contributed by atoms with van der Waals surface area (Å²) in [5, 5.41) is 8.56. The Hall–Kier alpha value is -1.85. The summed E-state index contributed by atoms with van der Waals surface area (Å²) >= 11 is 0. The lowest BCUT2D eigenvalue weighted by Gasteiger charge is -1.91. The molecule has 0 unspecified atom stereocenters. The van der Waals surface area contributed by atoms with Crippen molar-refractivity contribution in [2.75, 3.05) is 5.73 Å². The third-order valence-corrected chi connectivity index (χ3v) is 2.28. The summed E-state index contributed by atoms with van der Waals surface area (Å²) in [5.41, 5.74) is 7.58. The van der Waals surface area contributed by atoms with Crippen molar-refractivity contribution in [1.82, 2.24) is 24.5 Å². The second-order valence-electron chi connectivity index (χ2n) is 3.43. The minimum Gasteiger partial charge on any atom is -0.368 e. The summed E-state index contributed by atoms with van der Waals surface area (Å²) in [7, 11) is 3.66. The van der Waals surface area contributed by atoms with Crippen LogP contribution in [0.4, 0.5) is 5.95 Å². The first-order chi connectivity index (χ1) is 7.11. The number of aryl methyl sites for hydroxylation is 3. The van der Waals surface area contributed by atoms with Crippen molar-refractivity contribution in [2.45, 2.75) is 13.3 Å². The van der Waals surface area contributed by atoms with Crippen molar-refractivity contribution >= 4 is 5.95 Å². The molecule has 15 heavy (non-hydrogen) atoms. The van der Waals surface area contributed by atoms with Crippen molar-refractivity contribution in [3.63, 3.8) is 0 Å². The van der Waals surface area contributed by atoms with Crippen LogP contribution in [0, 0.1) is 0 Å². The molecule has 0 aliphatic rings. The number of rotatable bonds is 2. The lowest BCUT2D eigenvalue weighted by molar-refractivity contribution is 0.746. The number of nitrogen functional groups attached to an aromatic ring is 1. The molecular formula is C9H14N6. The van der Waals surface area contributed by atoms with Crippen molar-refractivity contribution < 1.29 is 0 Å². The highest BCUT2D eigenvalue weighted by Gasteiger charge is 2.13. The maximum Gasteiger partial charge on any atom is 0.218 e. The van der Waals surface area contributed by atoms with E-state index in [1.807, 2.05) is 13.2 Å². The van der Waals surface area contributed by atoms with Crippen LogP contribution in [-0.4, -0.2) is 24.5 Å². The van der Waals surface area contributed by atoms with Gasteiger partial charge in [0, 0.05) is 20.3 Å². The zero-order chi connectivity index (χ0) is 11.0. The smallest absolute Gasteiger partial charge is 0.218 e. The molecule has 6 heteroatoms. The summed E-state index contributed by atoms with van der Waals surface area (Å²) in [5.74, 6) is 1.05. The molecule has 0 aliphatic carbocycles. The molecule has 0 spiro atoms. The monoisotopic (exact) mass is 206 g/mol. The van der Waals surface area contributed by atoms with Crippen LogP contribution in [0.15, 0.2) is 6.20 Å². The quantitative estimate of drug-likeness (QED) is 0.769. The predicted molar refractivity (Wildman–Crippen MR) is 57.0 cm³/mol. The van der Waals surface area contributed by atoms with E-state index in [9.17, 15) is 0 Å². The molecule has 2 N–H and O–H groups in total. The molecule has 2 aromatic heterocycles. The third kappa shape index (κ3) is 1.58. The van der Waals surface area contributed by atoms with Crippen LogP contribution in [-0.2, 0) is 20.5 Å². The SMILES string of the molecule is CCc1nn(C)cc1-c1nc(N)n(C)n1. The fourth-order valence-corrected chi connectivity index (χ4v) is 1.49. The Morgan fingerprint density at radius 1 is 1.33 bits per heavy atom. The first kappa shape index (κ1) is 9.70. The standard InChI is InChI=1S/C9H14N6/c1-4-7-6(5-14(2)12-7)8-11-9(10)15(3)13-8/h5H,4H2,1-3H3,(H2,10,11,13). The molecule has 0 fully saturated rings. The molecule has 2 heterocycles. The number of nitrogens with two attached hydrogens (primary N) is 1. The van der Waals surface area contributed by atoms with Crippen molar-refractivity contribution in [3.8, 4) is 11.4 Å². The highest BCUT2D eigenvalue weighted by molar-refractivity contribution is 5.58. The number of aromatic nitrogens is 5. The van der Waals surface area contributed by atoms with Gasteiger partial charge in [-0.05, 0) is 6.42 Å². The summed E-state index contributed by atoms with van der Waals surface area (Å²) < 4.78 is 3.32.